The summed E-state index contributed by atoms with van der Waals surface area (Å²) in [5, 5.41) is 0. The lowest BCUT2D eigenvalue weighted by atomic mass is 10.2. The minimum atomic E-state index is -0.516. The number of hydrogen-bond donors (Lipinski definition) is 0. The fraction of sp³-hybridized carbons (Fsp3) is 0.304. The molecule has 174 valence electrons. The van der Waals surface area contributed by atoms with Crippen molar-refractivity contribution in [1.29, 1.82) is 0 Å². The van der Waals surface area contributed by atoms with E-state index in [-0.39, 0.29) is 11.3 Å². The average Bonchev–Trinajstić information content (AvgIpc) is 3.15. The summed E-state index contributed by atoms with van der Waals surface area (Å²) in [6.45, 7) is 4.42. The van der Waals surface area contributed by atoms with Crippen LogP contribution in [0, 0.1) is 0 Å². The van der Waals surface area contributed by atoms with Gasteiger partial charge in [0.05, 0.1) is 43.2 Å². The molecule has 0 saturated heterocycles. The molecule has 0 aliphatic rings. The van der Waals surface area contributed by atoms with Crippen molar-refractivity contribution in [2.45, 2.75) is 20.4 Å². The first-order valence-electron chi connectivity index (χ1n) is 10.2. The zero-order valence-electron chi connectivity index (χ0n) is 18.7. The fourth-order valence-electron chi connectivity index (χ4n) is 3.09. The summed E-state index contributed by atoms with van der Waals surface area (Å²) in [7, 11) is 2.58. The van der Waals surface area contributed by atoms with Gasteiger partial charge in [0.2, 0.25) is 0 Å². The Balaban J connectivity index is 2.10. The number of fused-ring (bicyclic) bond motifs is 1. The smallest absolute Gasteiger partial charge is 0.337 e. The van der Waals surface area contributed by atoms with Crippen LogP contribution in [-0.2, 0) is 20.8 Å². The number of carbonyl (C=O) groups excluding carboxylic acids is 3. The van der Waals surface area contributed by atoms with Crippen LogP contribution in [0.4, 0.5) is 0 Å². The van der Waals surface area contributed by atoms with Crippen LogP contribution in [0.25, 0.3) is 10.2 Å². The van der Waals surface area contributed by atoms with Crippen LogP contribution in [0.15, 0.2) is 41.4 Å². The number of aromatic nitrogens is 1. The number of benzene rings is 2. The van der Waals surface area contributed by atoms with Gasteiger partial charge in [-0.2, -0.15) is 4.99 Å². The highest BCUT2D eigenvalue weighted by Crippen LogP contribution is 2.29. The molecule has 0 N–H and O–H groups in total. The molecule has 0 atom stereocenters. The standard InChI is InChI=1S/C23H24N2O7S/c1-5-31-17-10-8-14(11-18(17)32-6-2)21(27)24-23-25(13-20(26)29-3)16-9-7-15(22(28)30-4)12-19(16)33-23/h7-12H,5-6,13H2,1-4H3. The van der Waals surface area contributed by atoms with E-state index in [1.807, 2.05) is 13.8 Å². The highest BCUT2D eigenvalue weighted by Gasteiger charge is 2.16. The second kappa shape index (κ2) is 10.8. The van der Waals surface area contributed by atoms with Crippen molar-refractivity contribution < 1.29 is 33.3 Å². The first kappa shape index (κ1) is 24.0. The van der Waals surface area contributed by atoms with E-state index in [1.54, 1.807) is 41.0 Å². The van der Waals surface area contributed by atoms with Crippen molar-refractivity contribution in [1.82, 2.24) is 4.57 Å². The molecule has 0 aliphatic heterocycles. The lowest BCUT2D eigenvalue weighted by molar-refractivity contribution is -0.141. The Morgan fingerprint density at radius 3 is 2.27 bits per heavy atom. The van der Waals surface area contributed by atoms with E-state index in [2.05, 4.69) is 4.99 Å². The molecule has 3 rings (SSSR count). The molecule has 9 nitrogen and oxygen atoms in total. The minimum Gasteiger partial charge on any atom is -0.490 e. The first-order chi connectivity index (χ1) is 15.9. The quantitative estimate of drug-likeness (QED) is 0.464. The molecule has 3 aromatic rings. The van der Waals surface area contributed by atoms with E-state index in [4.69, 9.17) is 18.9 Å². The van der Waals surface area contributed by atoms with Gasteiger partial charge >= 0.3 is 11.9 Å². The van der Waals surface area contributed by atoms with Gasteiger partial charge in [0, 0.05) is 5.56 Å². The van der Waals surface area contributed by atoms with Crippen molar-refractivity contribution in [3.8, 4) is 11.5 Å². The lowest BCUT2D eigenvalue weighted by Crippen LogP contribution is -2.22. The normalized spacial score (nSPS) is 11.3. The third kappa shape index (κ3) is 5.40. The number of carbonyl (C=O) groups is 3. The number of methoxy groups -OCH3 is 2. The van der Waals surface area contributed by atoms with Gasteiger partial charge in [-0.15, -0.1) is 0 Å². The van der Waals surface area contributed by atoms with Gasteiger partial charge < -0.3 is 23.5 Å². The van der Waals surface area contributed by atoms with Gasteiger partial charge in [-0.05, 0) is 50.2 Å². The average molecular weight is 473 g/mol. The van der Waals surface area contributed by atoms with Crippen LogP contribution < -0.4 is 14.3 Å². The predicted octanol–water partition coefficient (Wildman–Crippen LogP) is 3.20. The van der Waals surface area contributed by atoms with Gasteiger partial charge in [0.25, 0.3) is 5.91 Å². The Hall–Kier alpha value is -3.66. The molecular weight excluding hydrogens is 448 g/mol. The number of esters is 2. The molecule has 1 amide bonds. The van der Waals surface area contributed by atoms with Crippen molar-refractivity contribution in [3.05, 3.63) is 52.3 Å². The molecule has 0 spiro atoms. The molecular formula is C23H24N2O7S. The number of nitrogens with zero attached hydrogens (tertiary/aromatic N) is 2. The SMILES string of the molecule is CCOc1ccc(C(=O)N=c2sc3cc(C(=O)OC)ccc3n2CC(=O)OC)cc1OCC. The molecule has 0 bridgehead atoms. The van der Waals surface area contributed by atoms with E-state index in [1.165, 1.54) is 25.6 Å². The third-order valence-electron chi connectivity index (χ3n) is 4.61. The molecule has 0 unspecified atom stereocenters. The van der Waals surface area contributed by atoms with Gasteiger partial charge in [-0.3, -0.25) is 9.59 Å². The fourth-order valence-corrected chi connectivity index (χ4v) is 4.15. The van der Waals surface area contributed by atoms with E-state index in [0.29, 0.717) is 46.1 Å². The third-order valence-corrected chi connectivity index (χ3v) is 5.65. The van der Waals surface area contributed by atoms with Crippen molar-refractivity contribution in [3.63, 3.8) is 0 Å². The summed E-state index contributed by atoms with van der Waals surface area (Å²) < 4.78 is 22.9. The molecule has 10 heteroatoms. The molecule has 0 aliphatic carbocycles. The maximum Gasteiger partial charge on any atom is 0.337 e. The number of hydrogen-bond acceptors (Lipinski definition) is 8. The van der Waals surface area contributed by atoms with Crippen LogP contribution in [0.1, 0.15) is 34.6 Å². The molecule has 0 fully saturated rings. The molecule has 1 heterocycles. The Morgan fingerprint density at radius 2 is 1.61 bits per heavy atom. The summed E-state index contributed by atoms with van der Waals surface area (Å²) in [5.74, 6) is -0.523. The second-order valence-electron chi connectivity index (χ2n) is 6.67. The van der Waals surface area contributed by atoms with Crippen LogP contribution >= 0.6 is 11.3 Å². The summed E-state index contributed by atoms with van der Waals surface area (Å²) in [6, 6.07) is 9.73. The van der Waals surface area contributed by atoms with Crippen molar-refractivity contribution in [2.24, 2.45) is 4.99 Å². The Labute approximate surface area is 194 Å². The monoisotopic (exact) mass is 472 g/mol. The van der Waals surface area contributed by atoms with Crippen LogP contribution in [0.3, 0.4) is 0 Å². The molecule has 0 radical (unpaired) electrons. The number of rotatable bonds is 8. The molecule has 1 aromatic heterocycles. The zero-order chi connectivity index (χ0) is 24.0. The summed E-state index contributed by atoms with van der Waals surface area (Å²) >= 11 is 1.17. The number of ether oxygens (including phenoxy) is 4. The van der Waals surface area contributed by atoms with Crippen molar-refractivity contribution >= 4 is 39.4 Å². The largest absolute Gasteiger partial charge is 0.490 e. The zero-order valence-corrected chi connectivity index (χ0v) is 19.6. The topological polar surface area (TPSA) is 105 Å². The minimum absolute atomic E-state index is 0.145. The number of thiazole rings is 1. The Morgan fingerprint density at radius 1 is 0.909 bits per heavy atom. The maximum absolute atomic E-state index is 13.0. The predicted molar refractivity (Wildman–Crippen MR) is 122 cm³/mol. The van der Waals surface area contributed by atoms with E-state index in [9.17, 15) is 14.4 Å². The summed E-state index contributed by atoms with van der Waals surface area (Å²) in [6.07, 6.45) is 0. The Kier molecular flexibility index (Phi) is 7.83. The van der Waals surface area contributed by atoms with Gasteiger partial charge in [-0.25, -0.2) is 4.79 Å². The second-order valence-corrected chi connectivity index (χ2v) is 7.67. The summed E-state index contributed by atoms with van der Waals surface area (Å²) in [4.78, 5) is 41.4. The summed E-state index contributed by atoms with van der Waals surface area (Å²) in [5.41, 5.74) is 1.28. The highest BCUT2D eigenvalue weighted by atomic mass is 32.1. The van der Waals surface area contributed by atoms with Crippen LogP contribution in [-0.4, -0.2) is 49.8 Å². The maximum atomic E-state index is 13.0. The first-order valence-corrected chi connectivity index (χ1v) is 11.0. The number of amides is 1. The van der Waals surface area contributed by atoms with E-state index in [0.717, 1.165) is 0 Å². The van der Waals surface area contributed by atoms with E-state index >= 15 is 0 Å². The van der Waals surface area contributed by atoms with E-state index < -0.39 is 17.8 Å². The molecule has 33 heavy (non-hydrogen) atoms. The van der Waals surface area contributed by atoms with Crippen molar-refractivity contribution in [2.75, 3.05) is 27.4 Å². The molecule has 2 aromatic carbocycles. The van der Waals surface area contributed by atoms with Gasteiger partial charge in [0.15, 0.2) is 16.3 Å². The highest BCUT2D eigenvalue weighted by molar-refractivity contribution is 7.16. The van der Waals surface area contributed by atoms with Gasteiger partial charge in [-0.1, -0.05) is 11.3 Å². The van der Waals surface area contributed by atoms with Crippen LogP contribution in [0.5, 0.6) is 11.5 Å². The molecule has 0 saturated carbocycles. The van der Waals surface area contributed by atoms with Crippen LogP contribution in [0.2, 0.25) is 0 Å². The lowest BCUT2D eigenvalue weighted by Gasteiger charge is -2.11. The Bertz CT molecular complexity index is 1260. The van der Waals surface area contributed by atoms with Gasteiger partial charge in [0.1, 0.15) is 6.54 Å².